The van der Waals surface area contributed by atoms with E-state index in [1.807, 2.05) is 0 Å². The zero-order chi connectivity index (χ0) is 37.3. The molecule has 0 aliphatic heterocycles. The van der Waals surface area contributed by atoms with E-state index in [1.54, 1.807) is 0 Å². The molecule has 0 unspecified atom stereocenters. The first-order valence-corrected chi connectivity index (χ1v) is 18.9. The Morgan fingerprint density at radius 1 is 0.286 bits per heavy atom. The SMILES string of the molecule is c1ccc(N(c2ccccc2)c2cc(N(c3ccccc3)c3ccccc3)c3c(c2)oc2c4ccccc4cc(N(c4ccccc4)c4ccccc4)c23)cc1. The van der Waals surface area contributed by atoms with Crippen molar-refractivity contribution < 1.29 is 4.42 Å². The predicted molar refractivity (Wildman–Crippen MR) is 235 cm³/mol. The molecule has 56 heavy (non-hydrogen) atoms. The van der Waals surface area contributed by atoms with Gasteiger partial charge in [0.15, 0.2) is 0 Å². The average molecular weight is 720 g/mol. The van der Waals surface area contributed by atoms with Crippen LogP contribution >= 0.6 is 0 Å². The Morgan fingerprint density at radius 3 is 1.07 bits per heavy atom. The van der Waals surface area contributed by atoms with Gasteiger partial charge in [-0.1, -0.05) is 133 Å². The van der Waals surface area contributed by atoms with E-state index in [2.05, 4.69) is 239 Å². The number of hydrogen-bond acceptors (Lipinski definition) is 4. The molecule has 0 atom stereocenters. The Kier molecular flexibility index (Phi) is 8.47. The smallest absolute Gasteiger partial charge is 0.145 e. The highest BCUT2D eigenvalue weighted by Gasteiger charge is 2.28. The average Bonchev–Trinajstić information content (AvgIpc) is 3.67. The molecule has 0 amide bonds. The number of hydrogen-bond donors (Lipinski definition) is 0. The maximum atomic E-state index is 7.27. The van der Waals surface area contributed by atoms with Gasteiger partial charge in [0.2, 0.25) is 0 Å². The summed E-state index contributed by atoms with van der Waals surface area (Å²) in [6, 6.07) is 79.0. The summed E-state index contributed by atoms with van der Waals surface area (Å²) in [5.74, 6) is 0. The summed E-state index contributed by atoms with van der Waals surface area (Å²) in [5.41, 5.74) is 11.0. The van der Waals surface area contributed by atoms with Crippen molar-refractivity contribution in [2.75, 3.05) is 14.7 Å². The lowest BCUT2D eigenvalue weighted by molar-refractivity contribution is 0.673. The fourth-order valence-electron chi connectivity index (χ4n) is 7.92. The predicted octanol–water partition coefficient (Wildman–Crippen LogP) is 15.1. The third kappa shape index (κ3) is 5.90. The van der Waals surface area contributed by atoms with E-state index in [1.165, 1.54) is 0 Å². The molecule has 266 valence electrons. The molecule has 10 aromatic rings. The van der Waals surface area contributed by atoms with Gasteiger partial charge in [0, 0.05) is 45.6 Å². The Balaban J connectivity index is 1.38. The van der Waals surface area contributed by atoms with Gasteiger partial charge >= 0.3 is 0 Å². The van der Waals surface area contributed by atoms with Gasteiger partial charge < -0.3 is 19.1 Å². The van der Waals surface area contributed by atoms with Gasteiger partial charge in [0.05, 0.1) is 27.8 Å². The molecular formula is C52H37N3O. The summed E-state index contributed by atoms with van der Waals surface area (Å²) < 4.78 is 7.27. The molecule has 0 fully saturated rings. The number of benzene rings is 9. The third-order valence-electron chi connectivity index (χ3n) is 10.3. The standard InChI is InChI=1S/C52H37N3O/c1-7-22-39(23-8-1)53(40-24-9-2-10-25-40)45-36-48(55(43-30-15-5-16-31-43)44-32-17-6-18-33-44)50-49(37-45)56-52-46-34-20-19-21-38(46)35-47(51(50)52)54(41-26-11-3-12-27-41)42-28-13-4-14-29-42/h1-37H. The zero-order valence-corrected chi connectivity index (χ0v) is 30.6. The number of nitrogens with zero attached hydrogens (tertiary/aromatic N) is 3. The monoisotopic (exact) mass is 719 g/mol. The first kappa shape index (κ1) is 33.0. The Hall–Kier alpha value is -7.56. The van der Waals surface area contributed by atoms with E-state index in [0.717, 1.165) is 83.9 Å². The van der Waals surface area contributed by atoms with Crippen molar-refractivity contribution >= 4 is 83.9 Å². The second-order valence-electron chi connectivity index (χ2n) is 13.8. The van der Waals surface area contributed by atoms with Crippen LogP contribution in [0.1, 0.15) is 0 Å². The maximum Gasteiger partial charge on any atom is 0.145 e. The molecule has 4 nitrogen and oxygen atoms in total. The fourth-order valence-corrected chi connectivity index (χ4v) is 7.92. The molecule has 0 aliphatic rings. The van der Waals surface area contributed by atoms with Crippen LogP contribution in [0.4, 0.5) is 51.2 Å². The summed E-state index contributed by atoms with van der Waals surface area (Å²) in [7, 11) is 0. The summed E-state index contributed by atoms with van der Waals surface area (Å²) in [4.78, 5) is 7.03. The molecule has 4 heteroatoms. The summed E-state index contributed by atoms with van der Waals surface area (Å²) >= 11 is 0. The van der Waals surface area contributed by atoms with E-state index in [0.29, 0.717) is 0 Å². The van der Waals surface area contributed by atoms with Crippen LogP contribution in [0.2, 0.25) is 0 Å². The van der Waals surface area contributed by atoms with Crippen LogP contribution in [-0.4, -0.2) is 0 Å². The van der Waals surface area contributed by atoms with Crippen LogP contribution in [0.25, 0.3) is 32.7 Å². The van der Waals surface area contributed by atoms with Crippen molar-refractivity contribution in [2.24, 2.45) is 0 Å². The molecule has 0 aliphatic carbocycles. The second kappa shape index (κ2) is 14.3. The van der Waals surface area contributed by atoms with E-state index >= 15 is 0 Å². The number of para-hydroxylation sites is 6. The van der Waals surface area contributed by atoms with Crippen LogP contribution in [0.15, 0.2) is 229 Å². The van der Waals surface area contributed by atoms with Crippen LogP contribution in [-0.2, 0) is 0 Å². The summed E-state index contributed by atoms with van der Waals surface area (Å²) in [5, 5.41) is 4.22. The van der Waals surface area contributed by atoms with Gasteiger partial charge in [-0.15, -0.1) is 0 Å². The first-order chi connectivity index (χ1) is 27.8. The fraction of sp³-hybridized carbons (Fsp3) is 0. The molecular weight excluding hydrogens is 683 g/mol. The quantitative estimate of drug-likeness (QED) is 0.148. The number of rotatable bonds is 9. The van der Waals surface area contributed by atoms with Crippen LogP contribution < -0.4 is 14.7 Å². The van der Waals surface area contributed by atoms with Crippen molar-refractivity contribution in [3.63, 3.8) is 0 Å². The normalized spacial score (nSPS) is 11.2. The lowest BCUT2D eigenvalue weighted by Gasteiger charge is -2.30. The van der Waals surface area contributed by atoms with Gasteiger partial charge in [-0.2, -0.15) is 0 Å². The highest BCUT2D eigenvalue weighted by Crippen LogP contribution is 2.52. The lowest BCUT2D eigenvalue weighted by Crippen LogP contribution is -2.14. The van der Waals surface area contributed by atoms with Crippen molar-refractivity contribution in [1.29, 1.82) is 0 Å². The summed E-state index contributed by atoms with van der Waals surface area (Å²) in [6.45, 7) is 0. The van der Waals surface area contributed by atoms with Gasteiger partial charge in [-0.05, 0) is 90.3 Å². The molecule has 1 heterocycles. The Morgan fingerprint density at radius 2 is 0.643 bits per heavy atom. The lowest BCUT2D eigenvalue weighted by atomic mass is 10.00. The van der Waals surface area contributed by atoms with E-state index in [-0.39, 0.29) is 0 Å². The molecule has 10 rings (SSSR count). The van der Waals surface area contributed by atoms with Crippen molar-refractivity contribution in [3.05, 3.63) is 224 Å². The molecule has 0 radical (unpaired) electrons. The van der Waals surface area contributed by atoms with Crippen molar-refractivity contribution in [2.45, 2.75) is 0 Å². The molecule has 0 spiro atoms. The highest BCUT2D eigenvalue weighted by atomic mass is 16.3. The number of anilines is 9. The topological polar surface area (TPSA) is 22.9 Å². The Labute approximate surface area is 326 Å². The molecule has 0 saturated heterocycles. The van der Waals surface area contributed by atoms with Gasteiger partial charge in [-0.3, -0.25) is 0 Å². The molecule has 0 saturated carbocycles. The molecule has 0 N–H and O–H groups in total. The first-order valence-electron chi connectivity index (χ1n) is 18.9. The second-order valence-corrected chi connectivity index (χ2v) is 13.8. The van der Waals surface area contributed by atoms with Gasteiger partial charge in [-0.25, -0.2) is 0 Å². The van der Waals surface area contributed by atoms with Gasteiger partial charge in [0.25, 0.3) is 0 Å². The van der Waals surface area contributed by atoms with Gasteiger partial charge in [0.1, 0.15) is 11.2 Å². The minimum absolute atomic E-state index is 0.792. The molecule has 1 aromatic heterocycles. The van der Waals surface area contributed by atoms with Crippen LogP contribution in [0.5, 0.6) is 0 Å². The maximum absolute atomic E-state index is 7.27. The largest absolute Gasteiger partial charge is 0.455 e. The minimum Gasteiger partial charge on any atom is -0.455 e. The van der Waals surface area contributed by atoms with E-state index in [4.69, 9.17) is 4.42 Å². The third-order valence-corrected chi connectivity index (χ3v) is 10.3. The van der Waals surface area contributed by atoms with Crippen molar-refractivity contribution in [3.8, 4) is 0 Å². The van der Waals surface area contributed by atoms with Crippen LogP contribution in [0.3, 0.4) is 0 Å². The highest BCUT2D eigenvalue weighted by molar-refractivity contribution is 6.26. The Bertz CT molecular complexity index is 2780. The van der Waals surface area contributed by atoms with Crippen LogP contribution in [0, 0.1) is 0 Å². The summed E-state index contributed by atoms with van der Waals surface area (Å²) in [6.07, 6.45) is 0. The van der Waals surface area contributed by atoms with Crippen molar-refractivity contribution in [1.82, 2.24) is 0 Å². The number of fused-ring (bicyclic) bond motifs is 5. The van der Waals surface area contributed by atoms with E-state index < -0.39 is 0 Å². The zero-order valence-electron chi connectivity index (χ0n) is 30.6. The van der Waals surface area contributed by atoms with E-state index in [9.17, 15) is 0 Å². The molecule has 9 aromatic carbocycles. The molecule has 0 bridgehead atoms. The minimum atomic E-state index is 0.792. The number of furan rings is 1.